The predicted molar refractivity (Wildman–Crippen MR) is 73.1 cm³/mol. The molecular weight excluding hydrogens is 224 g/mol. The lowest BCUT2D eigenvalue weighted by molar-refractivity contribution is -0.122. The van der Waals surface area contributed by atoms with Crippen LogP contribution in [0.2, 0.25) is 0 Å². The zero-order valence-corrected chi connectivity index (χ0v) is 11.1. The van der Waals surface area contributed by atoms with Crippen molar-refractivity contribution in [1.82, 2.24) is 10.2 Å². The molecule has 1 heterocycles. The molecule has 0 spiro atoms. The molecule has 1 aromatic rings. The molecule has 98 valence electrons. The van der Waals surface area contributed by atoms with Gasteiger partial charge in [0.05, 0.1) is 6.54 Å². The topological polar surface area (TPSA) is 32.3 Å². The quantitative estimate of drug-likeness (QED) is 0.881. The minimum Gasteiger partial charge on any atom is -0.351 e. The van der Waals surface area contributed by atoms with Crippen molar-refractivity contribution in [2.45, 2.75) is 26.3 Å². The smallest absolute Gasteiger partial charge is 0.234 e. The molecular formula is C15H22N2O. The molecule has 1 amide bonds. The van der Waals surface area contributed by atoms with Gasteiger partial charge in [-0.2, -0.15) is 0 Å². The van der Waals surface area contributed by atoms with Crippen LogP contribution >= 0.6 is 0 Å². The van der Waals surface area contributed by atoms with Crippen LogP contribution in [0.15, 0.2) is 30.3 Å². The predicted octanol–water partition coefficient (Wildman–Crippen LogP) is 2.03. The van der Waals surface area contributed by atoms with Crippen LogP contribution in [0.4, 0.5) is 0 Å². The van der Waals surface area contributed by atoms with Crippen molar-refractivity contribution < 1.29 is 4.79 Å². The van der Waals surface area contributed by atoms with Crippen molar-refractivity contribution in [1.29, 1.82) is 0 Å². The number of likely N-dealkylation sites (tertiary alicyclic amines) is 1. The highest BCUT2D eigenvalue weighted by Crippen LogP contribution is 2.14. The number of hydrogen-bond donors (Lipinski definition) is 1. The van der Waals surface area contributed by atoms with Gasteiger partial charge in [-0.3, -0.25) is 9.69 Å². The summed E-state index contributed by atoms with van der Waals surface area (Å²) in [6.07, 6.45) is 2.51. The Kier molecular flexibility index (Phi) is 4.76. The summed E-state index contributed by atoms with van der Waals surface area (Å²) in [5, 5.41) is 2.98. The normalized spacial score (nSPS) is 20.6. The van der Waals surface area contributed by atoms with E-state index >= 15 is 0 Å². The van der Waals surface area contributed by atoms with Crippen LogP contribution in [0.5, 0.6) is 0 Å². The number of nitrogens with one attached hydrogen (secondary N) is 1. The van der Waals surface area contributed by atoms with Crippen molar-refractivity contribution in [3.8, 4) is 0 Å². The van der Waals surface area contributed by atoms with Gasteiger partial charge in [-0.05, 0) is 30.9 Å². The van der Waals surface area contributed by atoms with Crippen molar-refractivity contribution in [2.75, 3.05) is 19.6 Å². The molecule has 0 saturated carbocycles. The first-order chi connectivity index (χ1) is 8.74. The summed E-state index contributed by atoms with van der Waals surface area (Å²) in [5.74, 6) is 0.855. The van der Waals surface area contributed by atoms with Gasteiger partial charge >= 0.3 is 0 Å². The maximum absolute atomic E-state index is 11.8. The lowest BCUT2D eigenvalue weighted by atomic mass is 10.0. The number of carbonyl (C=O) groups excluding carboxylic acids is 1. The molecule has 1 fully saturated rings. The van der Waals surface area contributed by atoms with Crippen LogP contribution in [-0.4, -0.2) is 30.4 Å². The van der Waals surface area contributed by atoms with E-state index in [1.807, 2.05) is 30.3 Å². The van der Waals surface area contributed by atoms with Gasteiger partial charge in [-0.1, -0.05) is 37.3 Å². The van der Waals surface area contributed by atoms with E-state index in [-0.39, 0.29) is 5.91 Å². The number of nitrogens with zero attached hydrogens (tertiary/aromatic N) is 1. The van der Waals surface area contributed by atoms with E-state index in [4.69, 9.17) is 0 Å². The molecule has 0 aromatic heterocycles. The Morgan fingerprint density at radius 1 is 1.39 bits per heavy atom. The first kappa shape index (κ1) is 13.1. The van der Waals surface area contributed by atoms with E-state index in [0.29, 0.717) is 13.1 Å². The standard InChI is InChI=1S/C15H22N2O/c1-13-6-5-9-17(11-13)12-15(18)16-10-14-7-3-2-4-8-14/h2-4,7-8,13H,5-6,9-12H2,1H3,(H,16,18). The number of amides is 1. The summed E-state index contributed by atoms with van der Waals surface area (Å²) in [6.45, 7) is 5.54. The fraction of sp³-hybridized carbons (Fsp3) is 0.533. The molecule has 1 aliphatic heterocycles. The highest BCUT2D eigenvalue weighted by molar-refractivity contribution is 5.78. The van der Waals surface area contributed by atoms with Crippen LogP contribution in [0, 0.1) is 5.92 Å². The van der Waals surface area contributed by atoms with Crippen LogP contribution in [0.3, 0.4) is 0 Å². The molecule has 2 rings (SSSR count). The molecule has 0 aliphatic carbocycles. The largest absolute Gasteiger partial charge is 0.351 e. The highest BCUT2D eigenvalue weighted by Gasteiger charge is 2.18. The second-order valence-corrected chi connectivity index (χ2v) is 5.24. The molecule has 3 nitrogen and oxygen atoms in total. The molecule has 1 saturated heterocycles. The summed E-state index contributed by atoms with van der Waals surface area (Å²) in [5.41, 5.74) is 1.15. The third kappa shape index (κ3) is 4.15. The molecule has 18 heavy (non-hydrogen) atoms. The van der Waals surface area contributed by atoms with E-state index in [9.17, 15) is 4.79 Å². The summed E-state index contributed by atoms with van der Waals surface area (Å²) >= 11 is 0. The summed E-state index contributed by atoms with van der Waals surface area (Å²) < 4.78 is 0. The third-order valence-corrected chi connectivity index (χ3v) is 3.44. The zero-order valence-electron chi connectivity index (χ0n) is 11.1. The number of piperidine rings is 1. The Labute approximate surface area is 109 Å². The van der Waals surface area contributed by atoms with Gasteiger partial charge in [0.1, 0.15) is 0 Å². The number of rotatable bonds is 4. The van der Waals surface area contributed by atoms with Crippen LogP contribution in [0.25, 0.3) is 0 Å². The molecule has 1 N–H and O–H groups in total. The zero-order chi connectivity index (χ0) is 12.8. The van der Waals surface area contributed by atoms with Gasteiger partial charge in [0.15, 0.2) is 0 Å². The monoisotopic (exact) mass is 246 g/mol. The maximum atomic E-state index is 11.8. The number of hydrogen-bond acceptors (Lipinski definition) is 2. The molecule has 1 unspecified atom stereocenters. The molecule has 1 atom stereocenters. The van der Waals surface area contributed by atoms with Crippen LogP contribution in [0.1, 0.15) is 25.3 Å². The molecule has 1 aromatic carbocycles. The van der Waals surface area contributed by atoms with E-state index < -0.39 is 0 Å². The average Bonchev–Trinajstić information content (AvgIpc) is 2.38. The SMILES string of the molecule is CC1CCCN(CC(=O)NCc2ccccc2)C1. The lowest BCUT2D eigenvalue weighted by Gasteiger charge is -2.30. The van der Waals surface area contributed by atoms with E-state index in [1.165, 1.54) is 12.8 Å². The van der Waals surface area contributed by atoms with Gasteiger partial charge in [-0.15, -0.1) is 0 Å². The molecule has 0 radical (unpaired) electrons. The van der Waals surface area contributed by atoms with Gasteiger partial charge in [0.2, 0.25) is 5.91 Å². The van der Waals surface area contributed by atoms with Gasteiger partial charge in [0, 0.05) is 13.1 Å². The maximum Gasteiger partial charge on any atom is 0.234 e. The Balaban J connectivity index is 1.72. The summed E-state index contributed by atoms with van der Waals surface area (Å²) in [4.78, 5) is 14.1. The highest BCUT2D eigenvalue weighted by atomic mass is 16.2. The van der Waals surface area contributed by atoms with Crippen molar-refractivity contribution in [2.24, 2.45) is 5.92 Å². The van der Waals surface area contributed by atoms with E-state index in [2.05, 4.69) is 17.1 Å². The van der Waals surface area contributed by atoms with E-state index in [0.717, 1.165) is 24.6 Å². The van der Waals surface area contributed by atoms with Crippen LogP contribution in [-0.2, 0) is 11.3 Å². The summed E-state index contributed by atoms with van der Waals surface area (Å²) in [7, 11) is 0. The first-order valence-electron chi connectivity index (χ1n) is 6.77. The van der Waals surface area contributed by atoms with Crippen molar-refractivity contribution in [3.63, 3.8) is 0 Å². The van der Waals surface area contributed by atoms with Gasteiger partial charge < -0.3 is 5.32 Å². The number of carbonyl (C=O) groups is 1. The molecule has 1 aliphatic rings. The molecule has 0 bridgehead atoms. The Bertz CT molecular complexity index is 377. The average molecular weight is 246 g/mol. The minimum absolute atomic E-state index is 0.132. The summed E-state index contributed by atoms with van der Waals surface area (Å²) in [6, 6.07) is 10.0. The van der Waals surface area contributed by atoms with Crippen LogP contribution < -0.4 is 5.32 Å². The lowest BCUT2D eigenvalue weighted by Crippen LogP contribution is -2.41. The Morgan fingerprint density at radius 2 is 2.17 bits per heavy atom. The Morgan fingerprint density at radius 3 is 2.89 bits per heavy atom. The second kappa shape index (κ2) is 6.55. The van der Waals surface area contributed by atoms with Crippen molar-refractivity contribution >= 4 is 5.91 Å². The van der Waals surface area contributed by atoms with Gasteiger partial charge in [-0.25, -0.2) is 0 Å². The molecule has 3 heteroatoms. The Hall–Kier alpha value is -1.35. The van der Waals surface area contributed by atoms with E-state index in [1.54, 1.807) is 0 Å². The third-order valence-electron chi connectivity index (χ3n) is 3.44. The fourth-order valence-corrected chi connectivity index (χ4v) is 2.49. The minimum atomic E-state index is 0.132. The number of benzene rings is 1. The first-order valence-corrected chi connectivity index (χ1v) is 6.77. The van der Waals surface area contributed by atoms with Gasteiger partial charge in [0.25, 0.3) is 0 Å². The second-order valence-electron chi connectivity index (χ2n) is 5.24. The fourth-order valence-electron chi connectivity index (χ4n) is 2.49. The van der Waals surface area contributed by atoms with Crippen molar-refractivity contribution in [3.05, 3.63) is 35.9 Å².